The van der Waals surface area contributed by atoms with Gasteiger partial charge in [-0.05, 0) is 44.5 Å². The molecule has 1 aromatic rings. The third-order valence-electron chi connectivity index (χ3n) is 3.50. The molecule has 0 radical (unpaired) electrons. The van der Waals surface area contributed by atoms with E-state index < -0.39 is 5.41 Å². The highest BCUT2D eigenvalue weighted by Crippen LogP contribution is 2.23. The average Bonchev–Trinajstić information content (AvgIpc) is 2.92. The number of hydrogen-bond donors (Lipinski definition) is 0. The number of rotatable bonds is 5. The van der Waals surface area contributed by atoms with E-state index in [-0.39, 0.29) is 18.2 Å². The summed E-state index contributed by atoms with van der Waals surface area (Å²) in [5.41, 5.74) is 0.611. The van der Waals surface area contributed by atoms with Gasteiger partial charge in [0.25, 0.3) is 0 Å². The molecule has 0 aliphatic heterocycles. The Kier molecular flexibility index (Phi) is 5.24. The monoisotopic (exact) mass is 304 g/mol. The zero-order valence-corrected chi connectivity index (χ0v) is 13.7. The van der Waals surface area contributed by atoms with Crippen LogP contribution < -0.4 is 4.74 Å². The Morgan fingerprint density at radius 3 is 2.36 bits per heavy atom. The highest BCUT2D eigenvalue weighted by molar-refractivity contribution is 5.75. The van der Waals surface area contributed by atoms with Gasteiger partial charge in [-0.15, -0.1) is 0 Å². The van der Waals surface area contributed by atoms with Crippen LogP contribution in [-0.2, 0) is 20.9 Å². The predicted molar refractivity (Wildman–Crippen MR) is 84.7 cm³/mol. The van der Waals surface area contributed by atoms with Crippen molar-refractivity contribution in [2.45, 2.75) is 46.0 Å². The lowest BCUT2D eigenvalue weighted by Crippen LogP contribution is -2.27. The second-order valence-corrected chi connectivity index (χ2v) is 6.51. The van der Waals surface area contributed by atoms with Gasteiger partial charge in [0.2, 0.25) is 0 Å². The molecule has 0 saturated carbocycles. The van der Waals surface area contributed by atoms with Crippen molar-refractivity contribution in [3.63, 3.8) is 0 Å². The number of carbonyl (C=O) groups is 1. The van der Waals surface area contributed by atoms with Gasteiger partial charge in [0, 0.05) is 6.42 Å². The van der Waals surface area contributed by atoms with E-state index >= 15 is 0 Å². The molecule has 120 valence electrons. The van der Waals surface area contributed by atoms with Crippen molar-refractivity contribution in [1.29, 1.82) is 0 Å². The topological polar surface area (TPSA) is 44.8 Å². The van der Waals surface area contributed by atoms with Crippen LogP contribution in [0.3, 0.4) is 0 Å². The van der Waals surface area contributed by atoms with Crippen molar-refractivity contribution in [3.05, 3.63) is 42.0 Å². The molecule has 0 heterocycles. The molecule has 0 amide bonds. The minimum absolute atomic E-state index is 0.0140. The Labute approximate surface area is 132 Å². The summed E-state index contributed by atoms with van der Waals surface area (Å²) < 4.78 is 16.4. The third kappa shape index (κ3) is 4.60. The first kappa shape index (κ1) is 16.6. The lowest BCUT2D eigenvalue weighted by atomic mass is 9.97. The Balaban J connectivity index is 1.77. The molecule has 0 N–H and O–H groups in total. The summed E-state index contributed by atoms with van der Waals surface area (Å²) in [5.74, 6) is 0.650. The zero-order valence-electron chi connectivity index (χ0n) is 13.7. The maximum absolute atomic E-state index is 11.9. The van der Waals surface area contributed by atoms with E-state index in [1.165, 1.54) is 0 Å². The summed E-state index contributed by atoms with van der Waals surface area (Å²) in [6.07, 6.45) is 4.34. The second kappa shape index (κ2) is 6.97. The first-order chi connectivity index (χ1) is 10.4. The average molecular weight is 304 g/mol. The first-order valence-electron chi connectivity index (χ1n) is 7.52. The molecule has 0 unspecified atom stereocenters. The van der Waals surface area contributed by atoms with E-state index in [1.54, 1.807) is 7.11 Å². The van der Waals surface area contributed by atoms with Crippen LogP contribution in [0.1, 0.15) is 32.8 Å². The van der Waals surface area contributed by atoms with Crippen LogP contribution >= 0.6 is 0 Å². The van der Waals surface area contributed by atoms with Crippen molar-refractivity contribution in [3.8, 4) is 5.75 Å². The molecule has 1 aliphatic rings. The standard InChI is InChI=1S/C18H24O4/c1-18(2,3)17(19)22-16-10-9-15(11-16)21-12-13-5-7-14(20-4)8-6-13/h5-10,15-16H,11-12H2,1-4H3/t15-,16+/m0/s1. The highest BCUT2D eigenvalue weighted by Gasteiger charge is 2.28. The van der Waals surface area contributed by atoms with E-state index in [1.807, 2.05) is 57.2 Å². The van der Waals surface area contributed by atoms with Crippen molar-refractivity contribution in [1.82, 2.24) is 0 Å². The second-order valence-electron chi connectivity index (χ2n) is 6.51. The van der Waals surface area contributed by atoms with Gasteiger partial charge in [0.15, 0.2) is 0 Å². The minimum atomic E-state index is -0.476. The molecular weight excluding hydrogens is 280 g/mol. The Bertz CT molecular complexity index is 525. The number of esters is 1. The summed E-state index contributed by atoms with van der Waals surface area (Å²) >= 11 is 0. The van der Waals surface area contributed by atoms with E-state index in [0.717, 1.165) is 11.3 Å². The molecule has 4 heteroatoms. The van der Waals surface area contributed by atoms with Gasteiger partial charge in [-0.3, -0.25) is 4.79 Å². The molecule has 1 aromatic carbocycles. The van der Waals surface area contributed by atoms with E-state index in [4.69, 9.17) is 14.2 Å². The summed E-state index contributed by atoms with van der Waals surface area (Å²) in [6.45, 7) is 6.09. The molecule has 1 aliphatic carbocycles. The van der Waals surface area contributed by atoms with Crippen molar-refractivity contribution >= 4 is 5.97 Å². The molecule has 0 spiro atoms. The fourth-order valence-corrected chi connectivity index (χ4v) is 2.08. The van der Waals surface area contributed by atoms with Crippen LogP contribution in [0.2, 0.25) is 0 Å². The zero-order chi connectivity index (χ0) is 16.2. The van der Waals surface area contributed by atoms with E-state index in [9.17, 15) is 4.79 Å². The third-order valence-corrected chi connectivity index (χ3v) is 3.50. The van der Waals surface area contributed by atoms with Gasteiger partial charge >= 0.3 is 5.97 Å². The van der Waals surface area contributed by atoms with Gasteiger partial charge in [0.1, 0.15) is 11.9 Å². The van der Waals surface area contributed by atoms with Crippen LogP contribution in [0.5, 0.6) is 5.75 Å². The maximum atomic E-state index is 11.9. The maximum Gasteiger partial charge on any atom is 0.311 e. The van der Waals surface area contributed by atoms with Gasteiger partial charge in [-0.1, -0.05) is 18.2 Å². The van der Waals surface area contributed by atoms with Crippen LogP contribution in [0.4, 0.5) is 0 Å². The van der Waals surface area contributed by atoms with Crippen molar-refractivity contribution < 1.29 is 19.0 Å². The Hall–Kier alpha value is -1.81. The molecule has 0 aromatic heterocycles. The van der Waals surface area contributed by atoms with Crippen LogP contribution in [0.25, 0.3) is 0 Å². The predicted octanol–water partition coefficient (Wildman–Crippen LogP) is 3.50. The van der Waals surface area contributed by atoms with Crippen LogP contribution in [-0.4, -0.2) is 25.3 Å². The largest absolute Gasteiger partial charge is 0.497 e. The molecule has 0 bridgehead atoms. The smallest absolute Gasteiger partial charge is 0.311 e. The highest BCUT2D eigenvalue weighted by atomic mass is 16.5. The van der Waals surface area contributed by atoms with Crippen molar-refractivity contribution in [2.75, 3.05) is 7.11 Å². The number of benzene rings is 1. The molecule has 22 heavy (non-hydrogen) atoms. The van der Waals surface area contributed by atoms with Gasteiger partial charge in [0.05, 0.1) is 25.2 Å². The number of hydrogen-bond acceptors (Lipinski definition) is 4. The number of carbonyl (C=O) groups excluding carboxylic acids is 1. The van der Waals surface area contributed by atoms with Gasteiger partial charge in [-0.25, -0.2) is 0 Å². The minimum Gasteiger partial charge on any atom is -0.497 e. The molecule has 0 saturated heterocycles. The SMILES string of the molecule is COc1ccc(CO[C@H]2C=C[C@@H](OC(=O)C(C)(C)C)C2)cc1. The number of ether oxygens (including phenoxy) is 3. The number of methoxy groups -OCH3 is 1. The lowest BCUT2D eigenvalue weighted by molar-refractivity contribution is -0.156. The fraction of sp³-hybridized carbons (Fsp3) is 0.500. The van der Waals surface area contributed by atoms with Crippen molar-refractivity contribution in [2.24, 2.45) is 5.41 Å². The van der Waals surface area contributed by atoms with E-state index in [0.29, 0.717) is 13.0 Å². The molecule has 2 atom stereocenters. The van der Waals surface area contributed by atoms with Crippen LogP contribution in [0, 0.1) is 5.41 Å². The summed E-state index contributed by atoms with van der Waals surface area (Å²) in [5, 5.41) is 0. The van der Waals surface area contributed by atoms with Crippen LogP contribution in [0.15, 0.2) is 36.4 Å². The summed E-state index contributed by atoms with van der Waals surface area (Å²) in [4.78, 5) is 11.9. The van der Waals surface area contributed by atoms with Gasteiger partial charge < -0.3 is 14.2 Å². The normalized spacial score (nSPS) is 20.9. The summed E-state index contributed by atoms with van der Waals surface area (Å²) in [6, 6.07) is 7.79. The molecule has 0 fully saturated rings. The molecule has 2 rings (SSSR count). The Morgan fingerprint density at radius 2 is 1.77 bits per heavy atom. The van der Waals surface area contributed by atoms with E-state index in [2.05, 4.69) is 0 Å². The lowest BCUT2D eigenvalue weighted by Gasteiger charge is -2.20. The molecule has 4 nitrogen and oxygen atoms in total. The summed E-state index contributed by atoms with van der Waals surface area (Å²) in [7, 11) is 1.65. The quantitative estimate of drug-likeness (QED) is 0.617. The molecular formula is C18H24O4. The van der Waals surface area contributed by atoms with Gasteiger partial charge in [-0.2, -0.15) is 0 Å². The fourth-order valence-electron chi connectivity index (χ4n) is 2.08. The first-order valence-corrected chi connectivity index (χ1v) is 7.52. The Morgan fingerprint density at radius 1 is 1.14 bits per heavy atom.